The Morgan fingerprint density at radius 1 is 1.06 bits per heavy atom. The average Bonchev–Trinajstić information content (AvgIpc) is 2.29. The molecule has 0 unspecified atom stereocenters. The minimum atomic E-state index is 0.388. The summed E-state index contributed by atoms with van der Waals surface area (Å²) in [6, 6.07) is 9.13. The van der Waals surface area contributed by atoms with Gasteiger partial charge in [0.15, 0.2) is 4.90 Å². The molecule has 1 nitrogen and oxygen atoms in total. The van der Waals surface area contributed by atoms with E-state index >= 15 is 0 Å². The van der Waals surface area contributed by atoms with E-state index in [1.807, 2.05) is 11.8 Å². The van der Waals surface area contributed by atoms with E-state index < -0.39 is 0 Å². The summed E-state index contributed by atoms with van der Waals surface area (Å²) in [5, 5.41) is 0. The molecule has 0 bridgehead atoms. The summed E-state index contributed by atoms with van der Waals surface area (Å²) in [6.07, 6.45) is 5.73. The van der Waals surface area contributed by atoms with Crippen molar-refractivity contribution in [3.05, 3.63) is 29.8 Å². The Balaban J connectivity index is 2.23. The molecule has 1 aromatic carbocycles. The van der Waals surface area contributed by atoms with Gasteiger partial charge in [0.05, 0.1) is 0 Å². The number of rotatable bonds is 7. The molecule has 0 aliphatic rings. The highest BCUT2D eigenvalue weighted by molar-refractivity contribution is 7.99. The van der Waals surface area contributed by atoms with Crippen LogP contribution in [0.15, 0.2) is 29.2 Å². The monoisotopic (exact) mass is 270 g/mol. The second-order valence-corrected chi connectivity index (χ2v) is 7.96. The van der Waals surface area contributed by atoms with Crippen LogP contribution in [0.1, 0.15) is 5.56 Å². The van der Waals surface area contributed by atoms with Gasteiger partial charge in [-0.05, 0) is 44.0 Å². The van der Waals surface area contributed by atoms with Gasteiger partial charge in [-0.1, -0.05) is 12.1 Å². The van der Waals surface area contributed by atoms with Crippen LogP contribution in [-0.2, 0) is 17.3 Å². The van der Waals surface area contributed by atoms with Crippen molar-refractivity contribution >= 4 is 22.7 Å². The molecule has 96 valence electrons. The van der Waals surface area contributed by atoms with Crippen molar-refractivity contribution in [2.24, 2.45) is 0 Å². The summed E-state index contributed by atoms with van der Waals surface area (Å²) in [4.78, 5) is 3.71. The lowest BCUT2D eigenvalue weighted by Gasteiger charge is -2.08. The minimum absolute atomic E-state index is 0.388. The molecular weight excluding hydrogens is 246 g/mol. The summed E-state index contributed by atoms with van der Waals surface area (Å²) < 4.78 is 0. The summed E-state index contributed by atoms with van der Waals surface area (Å²) in [5.41, 5.74) is 1.47. The van der Waals surface area contributed by atoms with E-state index in [2.05, 4.69) is 55.8 Å². The van der Waals surface area contributed by atoms with Gasteiger partial charge in [-0.25, -0.2) is 0 Å². The molecule has 0 radical (unpaired) electrons. The highest BCUT2D eigenvalue weighted by atomic mass is 32.2. The summed E-state index contributed by atoms with van der Waals surface area (Å²) in [6.45, 7) is 1.18. The fourth-order valence-corrected chi connectivity index (χ4v) is 3.23. The van der Waals surface area contributed by atoms with Crippen molar-refractivity contribution in [3.8, 4) is 0 Å². The first-order valence-electron chi connectivity index (χ1n) is 5.98. The third-order valence-corrected chi connectivity index (χ3v) is 4.79. The topological polar surface area (TPSA) is 3.24 Å². The van der Waals surface area contributed by atoms with E-state index in [9.17, 15) is 0 Å². The third-order valence-electron chi connectivity index (χ3n) is 2.61. The van der Waals surface area contributed by atoms with Gasteiger partial charge in [0.2, 0.25) is 0 Å². The molecule has 1 aromatic rings. The first-order chi connectivity index (χ1) is 8.09. The van der Waals surface area contributed by atoms with E-state index in [0.29, 0.717) is 10.9 Å². The lowest BCUT2D eigenvalue weighted by Crippen LogP contribution is -2.15. The van der Waals surface area contributed by atoms with Gasteiger partial charge in [0, 0.05) is 23.2 Å². The first-order valence-corrected chi connectivity index (χ1v) is 9.18. The summed E-state index contributed by atoms with van der Waals surface area (Å²) in [7, 11) is 4.65. The second kappa shape index (κ2) is 8.06. The van der Waals surface area contributed by atoms with Crippen molar-refractivity contribution in [1.82, 2.24) is 4.90 Å². The second-order valence-electron chi connectivity index (χ2n) is 4.63. The molecule has 0 aliphatic carbocycles. The van der Waals surface area contributed by atoms with Crippen molar-refractivity contribution in [3.63, 3.8) is 0 Å². The molecule has 0 aliphatic heterocycles. The van der Waals surface area contributed by atoms with Crippen LogP contribution in [0.3, 0.4) is 0 Å². The van der Waals surface area contributed by atoms with E-state index in [1.54, 1.807) is 0 Å². The minimum Gasteiger partial charge on any atom is -0.309 e. The Labute approximate surface area is 113 Å². The van der Waals surface area contributed by atoms with Gasteiger partial charge in [-0.2, -0.15) is 11.8 Å². The normalized spacial score (nSPS) is 11.4. The number of benzene rings is 1. The smallest absolute Gasteiger partial charge is 0.154 e. The number of aryl methyl sites for hydroxylation is 1. The molecule has 0 saturated carbocycles. The van der Waals surface area contributed by atoms with Gasteiger partial charge in [0.1, 0.15) is 12.5 Å². The van der Waals surface area contributed by atoms with Gasteiger partial charge in [-0.3, -0.25) is 0 Å². The van der Waals surface area contributed by atoms with Crippen LogP contribution < -0.4 is 0 Å². The van der Waals surface area contributed by atoms with Crippen LogP contribution in [0.4, 0.5) is 0 Å². The Morgan fingerprint density at radius 3 is 2.24 bits per heavy atom. The van der Waals surface area contributed by atoms with Gasteiger partial charge >= 0.3 is 0 Å². The maximum absolute atomic E-state index is 2.29. The number of hydrogen-bond donors (Lipinski definition) is 0. The standard InChI is InChI=1S/C14H24NS2/c1-15(2)10-12-16-11-9-13-5-7-14(8-6-13)17(3)4/h5-8H,9-12H2,1-4H3/q+1. The molecule has 0 amide bonds. The zero-order chi connectivity index (χ0) is 12.7. The Bertz CT molecular complexity index is 307. The summed E-state index contributed by atoms with van der Waals surface area (Å²) >= 11 is 2.05. The van der Waals surface area contributed by atoms with Crippen LogP contribution in [-0.4, -0.2) is 49.6 Å². The van der Waals surface area contributed by atoms with Crippen LogP contribution in [0.25, 0.3) is 0 Å². The molecule has 0 saturated heterocycles. The van der Waals surface area contributed by atoms with Crippen LogP contribution >= 0.6 is 11.8 Å². The van der Waals surface area contributed by atoms with Crippen LogP contribution in [0, 0.1) is 0 Å². The Morgan fingerprint density at radius 2 is 1.71 bits per heavy atom. The number of thioether (sulfide) groups is 1. The molecule has 0 heterocycles. The molecule has 17 heavy (non-hydrogen) atoms. The lowest BCUT2D eigenvalue weighted by atomic mass is 10.2. The SMILES string of the molecule is CN(C)CCSCCc1ccc([S+](C)C)cc1. The zero-order valence-electron chi connectivity index (χ0n) is 11.4. The highest BCUT2D eigenvalue weighted by Gasteiger charge is 2.06. The summed E-state index contributed by atoms with van der Waals surface area (Å²) in [5.74, 6) is 2.47. The average molecular weight is 270 g/mol. The fraction of sp³-hybridized carbons (Fsp3) is 0.571. The molecular formula is C14H24NS2+. The molecule has 0 spiro atoms. The number of hydrogen-bond acceptors (Lipinski definition) is 2. The first kappa shape index (κ1) is 14.9. The van der Waals surface area contributed by atoms with Crippen molar-refractivity contribution in [2.75, 3.05) is 44.7 Å². The van der Waals surface area contributed by atoms with Crippen molar-refractivity contribution < 1.29 is 0 Å². The van der Waals surface area contributed by atoms with Crippen molar-refractivity contribution in [1.29, 1.82) is 0 Å². The Hall–Kier alpha value is -0.120. The largest absolute Gasteiger partial charge is 0.309 e. The maximum Gasteiger partial charge on any atom is 0.154 e. The van der Waals surface area contributed by atoms with E-state index in [1.165, 1.54) is 34.9 Å². The Kier molecular flexibility index (Phi) is 7.09. The third kappa shape index (κ3) is 6.39. The molecule has 0 atom stereocenters. The van der Waals surface area contributed by atoms with E-state index in [-0.39, 0.29) is 0 Å². The molecule has 0 fully saturated rings. The molecule has 3 heteroatoms. The quantitative estimate of drug-likeness (QED) is 0.554. The van der Waals surface area contributed by atoms with Crippen LogP contribution in [0.5, 0.6) is 0 Å². The molecule has 1 rings (SSSR count). The lowest BCUT2D eigenvalue weighted by molar-refractivity contribution is 0.437. The van der Waals surface area contributed by atoms with E-state index in [0.717, 1.165) is 0 Å². The van der Waals surface area contributed by atoms with Crippen molar-refractivity contribution in [2.45, 2.75) is 11.3 Å². The molecule has 0 aromatic heterocycles. The predicted molar refractivity (Wildman–Crippen MR) is 83.5 cm³/mol. The molecule has 0 N–H and O–H groups in total. The highest BCUT2D eigenvalue weighted by Crippen LogP contribution is 2.12. The van der Waals surface area contributed by atoms with Gasteiger partial charge in [-0.15, -0.1) is 0 Å². The zero-order valence-corrected chi connectivity index (χ0v) is 13.0. The predicted octanol–water partition coefficient (Wildman–Crippen LogP) is 2.76. The van der Waals surface area contributed by atoms with Gasteiger partial charge in [0.25, 0.3) is 0 Å². The maximum atomic E-state index is 2.29. The van der Waals surface area contributed by atoms with Gasteiger partial charge < -0.3 is 4.90 Å². The van der Waals surface area contributed by atoms with E-state index in [4.69, 9.17) is 0 Å². The number of nitrogens with zero attached hydrogens (tertiary/aromatic N) is 1. The van der Waals surface area contributed by atoms with Crippen LogP contribution in [0.2, 0.25) is 0 Å². The fourth-order valence-electron chi connectivity index (χ4n) is 1.47.